The van der Waals surface area contributed by atoms with Gasteiger partial charge >= 0.3 is 0 Å². The van der Waals surface area contributed by atoms with E-state index in [-0.39, 0.29) is 5.60 Å². The van der Waals surface area contributed by atoms with Crippen molar-refractivity contribution in [2.24, 2.45) is 18.9 Å². The molecule has 82 valence electrons. The molecule has 3 rings (SSSR count). The van der Waals surface area contributed by atoms with E-state index in [1.165, 1.54) is 18.5 Å². The Kier molecular flexibility index (Phi) is 1.82. The van der Waals surface area contributed by atoms with Gasteiger partial charge in [-0.2, -0.15) is 0 Å². The van der Waals surface area contributed by atoms with Crippen LogP contribution in [-0.2, 0) is 17.4 Å². The molecule has 2 fully saturated rings. The Labute approximate surface area is 91.2 Å². The number of hydrogen-bond donors (Lipinski definition) is 0. The quantitative estimate of drug-likeness (QED) is 0.644. The molecule has 1 saturated heterocycles. The molecule has 0 unspecified atom stereocenters. The van der Waals surface area contributed by atoms with E-state index in [4.69, 9.17) is 4.74 Å². The van der Waals surface area contributed by atoms with E-state index < -0.39 is 0 Å². The summed E-state index contributed by atoms with van der Waals surface area (Å²) >= 11 is 0. The maximum Gasteiger partial charge on any atom is 0.135 e. The van der Waals surface area contributed by atoms with Crippen LogP contribution in [-0.4, -0.2) is 10.7 Å². The van der Waals surface area contributed by atoms with Crippen molar-refractivity contribution < 1.29 is 4.74 Å². The van der Waals surface area contributed by atoms with Gasteiger partial charge in [-0.25, -0.2) is 0 Å². The van der Waals surface area contributed by atoms with Crippen LogP contribution in [0.4, 0.5) is 0 Å². The molecule has 0 N–H and O–H groups in total. The maximum absolute atomic E-state index is 6.05. The van der Waals surface area contributed by atoms with Crippen molar-refractivity contribution in [3.8, 4) is 0 Å². The summed E-state index contributed by atoms with van der Waals surface area (Å²) in [5.41, 5.74) is 1.43. The number of rotatable bonds is 1. The van der Waals surface area contributed by atoms with Crippen LogP contribution < -0.4 is 0 Å². The molecule has 2 aliphatic rings. The summed E-state index contributed by atoms with van der Waals surface area (Å²) < 4.78 is 8.27. The summed E-state index contributed by atoms with van der Waals surface area (Å²) in [6.45, 7) is 4.67. The van der Waals surface area contributed by atoms with E-state index in [0.717, 1.165) is 5.92 Å². The molecule has 0 spiro atoms. The first-order valence-electron chi connectivity index (χ1n) is 5.93. The normalized spacial score (nSPS) is 43.8. The highest BCUT2D eigenvalue weighted by molar-refractivity contribution is 5.26. The molecule has 1 aromatic heterocycles. The van der Waals surface area contributed by atoms with Gasteiger partial charge in [-0.1, -0.05) is 13.8 Å². The van der Waals surface area contributed by atoms with Crippen LogP contribution in [0.1, 0.15) is 32.4 Å². The van der Waals surface area contributed by atoms with Gasteiger partial charge in [0.25, 0.3) is 0 Å². The molecule has 2 heterocycles. The van der Waals surface area contributed by atoms with Gasteiger partial charge in [0.15, 0.2) is 0 Å². The van der Waals surface area contributed by atoms with Crippen molar-refractivity contribution in [3.05, 3.63) is 24.0 Å². The van der Waals surface area contributed by atoms with Gasteiger partial charge in [0.05, 0.1) is 11.8 Å². The molecule has 1 aliphatic heterocycles. The van der Waals surface area contributed by atoms with Gasteiger partial charge in [0.2, 0.25) is 0 Å². The Bertz CT molecular complexity index is 384. The van der Waals surface area contributed by atoms with E-state index in [1.54, 1.807) is 0 Å². The molecule has 4 atom stereocenters. The van der Waals surface area contributed by atoms with Crippen molar-refractivity contribution in [1.29, 1.82) is 0 Å². The highest BCUT2D eigenvalue weighted by Gasteiger charge is 2.63. The topological polar surface area (TPSA) is 17.5 Å². The number of ether oxygens (including phenoxy) is 1. The van der Waals surface area contributed by atoms with E-state index in [2.05, 4.69) is 43.8 Å². The van der Waals surface area contributed by atoms with Gasteiger partial charge in [-0.3, -0.25) is 0 Å². The fraction of sp³-hybridized carbons (Fsp3) is 0.692. The third-order valence-electron chi connectivity index (χ3n) is 4.06. The number of epoxide rings is 1. The molecule has 15 heavy (non-hydrogen) atoms. The predicted molar refractivity (Wildman–Crippen MR) is 59.5 cm³/mol. The van der Waals surface area contributed by atoms with E-state index in [9.17, 15) is 0 Å². The van der Waals surface area contributed by atoms with Gasteiger partial charge in [0, 0.05) is 13.2 Å². The number of aryl methyl sites for hydroxylation is 1. The zero-order valence-corrected chi connectivity index (χ0v) is 9.73. The molecule has 0 amide bonds. The van der Waals surface area contributed by atoms with Crippen LogP contribution in [0.3, 0.4) is 0 Å². The molecule has 2 heteroatoms. The zero-order valence-electron chi connectivity index (χ0n) is 9.73. The summed E-state index contributed by atoms with van der Waals surface area (Å²) in [5, 5.41) is 0. The van der Waals surface area contributed by atoms with Crippen molar-refractivity contribution in [1.82, 2.24) is 4.57 Å². The lowest BCUT2D eigenvalue weighted by molar-refractivity contribution is 0.252. The van der Waals surface area contributed by atoms with E-state index in [1.807, 2.05) is 0 Å². The summed E-state index contributed by atoms with van der Waals surface area (Å²) in [7, 11) is 2.12. The average Bonchev–Trinajstić information content (AvgIpc) is 2.73. The Morgan fingerprint density at radius 1 is 1.47 bits per heavy atom. The minimum Gasteiger partial charge on any atom is -0.359 e. The molecular formula is C13H19NO. The fourth-order valence-corrected chi connectivity index (χ4v) is 3.50. The zero-order chi connectivity index (χ0) is 10.6. The van der Waals surface area contributed by atoms with Gasteiger partial charge in [-0.15, -0.1) is 0 Å². The molecule has 1 saturated carbocycles. The lowest BCUT2D eigenvalue weighted by Gasteiger charge is -2.27. The Hall–Kier alpha value is -0.760. The van der Waals surface area contributed by atoms with Crippen LogP contribution in [0.25, 0.3) is 0 Å². The average molecular weight is 205 g/mol. The minimum absolute atomic E-state index is 0.0648. The number of fused-ring (bicyclic) bond motifs is 1. The summed E-state index contributed by atoms with van der Waals surface area (Å²) in [6, 6.07) is 4.33. The van der Waals surface area contributed by atoms with Gasteiger partial charge in [0.1, 0.15) is 5.60 Å². The van der Waals surface area contributed by atoms with Crippen molar-refractivity contribution in [3.63, 3.8) is 0 Å². The molecular weight excluding hydrogens is 186 g/mol. The monoisotopic (exact) mass is 205 g/mol. The summed E-state index contributed by atoms with van der Waals surface area (Å²) in [5.74, 6) is 1.50. The smallest absolute Gasteiger partial charge is 0.135 e. The molecule has 1 aromatic rings. The maximum atomic E-state index is 6.05. The van der Waals surface area contributed by atoms with Crippen LogP contribution in [0, 0.1) is 11.8 Å². The summed E-state index contributed by atoms with van der Waals surface area (Å²) in [4.78, 5) is 0. The van der Waals surface area contributed by atoms with Crippen molar-refractivity contribution in [2.45, 2.75) is 38.4 Å². The Balaban J connectivity index is 1.97. The van der Waals surface area contributed by atoms with Gasteiger partial charge < -0.3 is 9.30 Å². The Morgan fingerprint density at radius 2 is 2.27 bits per heavy atom. The molecule has 1 aliphatic carbocycles. The number of aromatic nitrogens is 1. The number of nitrogens with zero attached hydrogens (tertiary/aromatic N) is 1. The minimum atomic E-state index is 0.0648. The third kappa shape index (κ3) is 1.21. The SMILES string of the molecule is C[C@@H]1C[C@H](C)[C@@H]2O[C@]2(c2cccn2C)C1. The molecule has 0 radical (unpaired) electrons. The van der Waals surface area contributed by atoms with Crippen LogP contribution in [0.2, 0.25) is 0 Å². The van der Waals surface area contributed by atoms with Gasteiger partial charge in [-0.05, 0) is 36.8 Å². The summed E-state index contributed by atoms with van der Waals surface area (Å²) in [6.07, 6.45) is 5.10. The molecule has 0 bridgehead atoms. The first-order valence-corrected chi connectivity index (χ1v) is 5.93. The second-order valence-electron chi connectivity index (χ2n) is 5.45. The Morgan fingerprint density at radius 3 is 2.93 bits per heavy atom. The molecule has 2 nitrogen and oxygen atoms in total. The van der Waals surface area contributed by atoms with Crippen LogP contribution in [0.5, 0.6) is 0 Å². The second kappa shape index (κ2) is 2.88. The number of hydrogen-bond acceptors (Lipinski definition) is 1. The molecule has 0 aromatic carbocycles. The highest BCUT2D eigenvalue weighted by Crippen LogP contribution is 2.58. The van der Waals surface area contributed by atoms with Crippen molar-refractivity contribution in [2.75, 3.05) is 0 Å². The van der Waals surface area contributed by atoms with Crippen molar-refractivity contribution >= 4 is 0 Å². The highest BCUT2D eigenvalue weighted by atomic mass is 16.6. The fourth-order valence-electron chi connectivity index (χ4n) is 3.50. The largest absolute Gasteiger partial charge is 0.359 e. The second-order valence-corrected chi connectivity index (χ2v) is 5.45. The first-order chi connectivity index (χ1) is 7.13. The lowest BCUT2D eigenvalue weighted by Crippen LogP contribution is -2.29. The predicted octanol–water partition coefficient (Wildman–Crippen LogP) is 2.69. The van der Waals surface area contributed by atoms with Crippen LogP contribution >= 0.6 is 0 Å². The van der Waals surface area contributed by atoms with E-state index in [0.29, 0.717) is 12.0 Å². The standard InChI is InChI=1S/C13H19NO/c1-9-7-10(2)12-13(8-9,15-12)11-5-4-6-14(11)3/h4-6,9-10,12H,7-8H2,1-3H3/t9-,10+,12+,13+/m1/s1. The third-order valence-corrected chi connectivity index (χ3v) is 4.06. The first kappa shape index (κ1) is 9.46. The van der Waals surface area contributed by atoms with Crippen LogP contribution in [0.15, 0.2) is 18.3 Å². The lowest BCUT2D eigenvalue weighted by atomic mass is 9.75. The van der Waals surface area contributed by atoms with E-state index >= 15 is 0 Å².